The normalized spacial score (nSPS) is 14.4. The van der Waals surface area contributed by atoms with Crippen LogP contribution in [-0.2, 0) is 23.6 Å². The number of halogens is 3. The highest BCUT2D eigenvalue weighted by atomic mass is 35.6. The van der Waals surface area contributed by atoms with Crippen molar-refractivity contribution in [1.82, 2.24) is 0 Å². The summed E-state index contributed by atoms with van der Waals surface area (Å²) in [6, 6.07) is 7.27. The summed E-state index contributed by atoms with van der Waals surface area (Å²) in [4.78, 5) is -0.151. The molecule has 1 aromatic carbocycles. The van der Waals surface area contributed by atoms with Gasteiger partial charge >= 0.3 is 7.60 Å². The van der Waals surface area contributed by atoms with E-state index in [4.69, 9.17) is 43.9 Å². The number of hydrogen-bond donors (Lipinski definition) is 0. The topological polar surface area (TPSA) is 82.0 Å². The largest absolute Gasteiger partial charge is 0.381 e. The van der Waals surface area contributed by atoms with Crippen LogP contribution in [0.4, 0.5) is 0 Å². The van der Waals surface area contributed by atoms with Crippen LogP contribution in [0.1, 0.15) is 27.7 Å². The smallest absolute Gasteiger partial charge is 0.301 e. The van der Waals surface area contributed by atoms with Gasteiger partial charge in [-0.25, -0.2) is 0 Å². The first-order valence-electron chi connectivity index (χ1n) is 7.22. The molecule has 0 unspecified atom stereocenters. The van der Waals surface area contributed by atoms with Gasteiger partial charge in [0.2, 0.25) is 3.79 Å². The van der Waals surface area contributed by atoms with Gasteiger partial charge in [0, 0.05) is 0 Å². The Kier molecular flexibility index (Phi) is 7.97. The zero-order valence-electron chi connectivity index (χ0n) is 14.0. The summed E-state index contributed by atoms with van der Waals surface area (Å²) >= 11 is 17.5. The van der Waals surface area contributed by atoms with E-state index >= 15 is 0 Å². The fourth-order valence-electron chi connectivity index (χ4n) is 1.70. The molecule has 6 nitrogen and oxygen atoms in total. The SMILES string of the molecule is CC(C)OP(=O)(OC(C)C)/C(=N/S(=O)(=O)c1ccccc1)C(Cl)(Cl)Cl. The summed E-state index contributed by atoms with van der Waals surface area (Å²) in [7, 11) is -8.60. The monoisotopic (exact) mass is 449 g/mol. The lowest BCUT2D eigenvalue weighted by Crippen LogP contribution is -2.26. The molecular formula is C14H19Cl3NO5PS. The highest BCUT2D eigenvalue weighted by Gasteiger charge is 2.47. The Morgan fingerprint density at radius 2 is 1.48 bits per heavy atom. The van der Waals surface area contributed by atoms with Gasteiger partial charge in [0.1, 0.15) is 0 Å². The Balaban J connectivity index is 3.58. The van der Waals surface area contributed by atoms with Crippen LogP contribution in [-0.4, -0.2) is 29.9 Å². The van der Waals surface area contributed by atoms with Crippen LogP contribution in [0.25, 0.3) is 0 Å². The number of benzene rings is 1. The van der Waals surface area contributed by atoms with E-state index in [2.05, 4.69) is 4.40 Å². The quantitative estimate of drug-likeness (QED) is 0.324. The molecule has 0 fully saturated rings. The van der Waals surface area contributed by atoms with E-state index in [-0.39, 0.29) is 4.90 Å². The maximum Gasteiger partial charge on any atom is 0.381 e. The molecule has 0 aromatic heterocycles. The molecule has 0 aliphatic carbocycles. The van der Waals surface area contributed by atoms with Gasteiger partial charge in [0.25, 0.3) is 10.0 Å². The Morgan fingerprint density at radius 1 is 1.04 bits per heavy atom. The first-order valence-corrected chi connectivity index (χ1v) is 11.3. The Morgan fingerprint density at radius 3 is 1.84 bits per heavy atom. The molecule has 0 bridgehead atoms. The third-order valence-corrected chi connectivity index (χ3v) is 7.17. The summed E-state index contributed by atoms with van der Waals surface area (Å²) in [6.07, 6.45) is -1.19. The van der Waals surface area contributed by atoms with Gasteiger partial charge in [0.15, 0.2) is 5.45 Å². The number of sulfonamides is 1. The number of hydrogen-bond acceptors (Lipinski definition) is 5. The van der Waals surface area contributed by atoms with Crippen molar-refractivity contribution in [1.29, 1.82) is 0 Å². The number of rotatable bonds is 7. The first-order chi connectivity index (χ1) is 11.3. The molecule has 0 atom stereocenters. The van der Waals surface area contributed by atoms with E-state index in [9.17, 15) is 13.0 Å². The lowest BCUT2D eigenvalue weighted by Gasteiger charge is -2.26. The molecule has 1 aromatic rings. The molecule has 1 rings (SSSR count). The average Bonchev–Trinajstić information content (AvgIpc) is 2.42. The van der Waals surface area contributed by atoms with Crippen molar-refractivity contribution in [2.24, 2.45) is 4.40 Å². The van der Waals surface area contributed by atoms with Gasteiger partial charge in [-0.15, -0.1) is 0 Å². The van der Waals surface area contributed by atoms with E-state index in [0.717, 1.165) is 0 Å². The maximum atomic E-state index is 13.2. The maximum absolute atomic E-state index is 13.2. The summed E-state index contributed by atoms with van der Waals surface area (Å²) in [6.45, 7) is 6.33. The Hall–Kier alpha value is -0.140. The average molecular weight is 451 g/mol. The molecule has 142 valence electrons. The molecule has 0 N–H and O–H groups in total. The second kappa shape index (κ2) is 8.70. The summed E-state index contributed by atoms with van der Waals surface area (Å²) in [5.74, 6) is 0. The van der Waals surface area contributed by atoms with E-state index in [1.807, 2.05) is 0 Å². The van der Waals surface area contributed by atoms with Gasteiger partial charge in [0.05, 0.1) is 17.1 Å². The zero-order valence-corrected chi connectivity index (χ0v) is 18.0. The zero-order chi connectivity index (χ0) is 19.5. The van der Waals surface area contributed by atoms with Crippen LogP contribution >= 0.6 is 42.4 Å². The molecule has 25 heavy (non-hydrogen) atoms. The van der Waals surface area contributed by atoms with Crippen molar-refractivity contribution >= 4 is 57.9 Å². The van der Waals surface area contributed by atoms with Gasteiger partial charge in [-0.05, 0) is 39.8 Å². The number of nitrogens with zero attached hydrogens (tertiary/aromatic N) is 1. The second-order valence-electron chi connectivity index (χ2n) is 5.51. The van der Waals surface area contributed by atoms with E-state index in [0.29, 0.717) is 0 Å². The van der Waals surface area contributed by atoms with E-state index < -0.39 is 39.1 Å². The number of alkyl halides is 3. The molecule has 0 aliphatic heterocycles. The van der Waals surface area contributed by atoms with Gasteiger partial charge in [-0.2, -0.15) is 12.8 Å². The molecule has 0 aliphatic rings. The third kappa shape index (κ3) is 6.83. The Bertz CT molecular complexity index is 746. The molecule has 0 amide bonds. The van der Waals surface area contributed by atoms with Crippen LogP contribution in [0, 0.1) is 0 Å². The highest BCUT2D eigenvalue weighted by Crippen LogP contribution is 2.58. The second-order valence-corrected chi connectivity index (χ2v) is 11.2. The van der Waals surface area contributed by atoms with Crippen LogP contribution in [0.5, 0.6) is 0 Å². The molecule has 0 radical (unpaired) electrons. The third-order valence-electron chi connectivity index (χ3n) is 2.46. The molecule has 0 spiro atoms. The molecule has 0 saturated carbocycles. The highest BCUT2D eigenvalue weighted by molar-refractivity contribution is 7.91. The lowest BCUT2D eigenvalue weighted by atomic mass is 10.4. The van der Waals surface area contributed by atoms with Crippen LogP contribution in [0.2, 0.25) is 0 Å². The van der Waals surface area contributed by atoms with E-state index in [1.165, 1.54) is 24.3 Å². The Labute approximate surface area is 163 Å². The van der Waals surface area contributed by atoms with Gasteiger partial charge < -0.3 is 9.05 Å². The van der Waals surface area contributed by atoms with Crippen LogP contribution in [0.15, 0.2) is 39.6 Å². The first kappa shape index (κ1) is 22.9. The summed E-state index contributed by atoms with van der Waals surface area (Å²) < 4.78 is 49.9. The predicted octanol–water partition coefficient (Wildman–Crippen LogP) is 5.19. The van der Waals surface area contributed by atoms with Crippen molar-refractivity contribution in [2.75, 3.05) is 0 Å². The van der Waals surface area contributed by atoms with Crippen LogP contribution < -0.4 is 0 Å². The van der Waals surface area contributed by atoms with Crippen molar-refractivity contribution in [3.8, 4) is 0 Å². The summed E-state index contributed by atoms with van der Waals surface area (Å²) in [5.41, 5.74) is -0.809. The summed E-state index contributed by atoms with van der Waals surface area (Å²) in [5, 5.41) is 0. The van der Waals surface area contributed by atoms with Crippen molar-refractivity contribution < 1.29 is 22.0 Å². The molecule has 0 saturated heterocycles. The van der Waals surface area contributed by atoms with E-state index in [1.54, 1.807) is 33.8 Å². The molecular weight excluding hydrogens is 432 g/mol. The van der Waals surface area contributed by atoms with Crippen LogP contribution in [0.3, 0.4) is 0 Å². The van der Waals surface area contributed by atoms with Crippen molar-refractivity contribution in [3.63, 3.8) is 0 Å². The van der Waals surface area contributed by atoms with Gasteiger partial charge in [-0.3, -0.25) is 4.57 Å². The minimum atomic E-state index is -4.31. The molecule has 11 heteroatoms. The van der Waals surface area contributed by atoms with Crippen molar-refractivity contribution in [3.05, 3.63) is 30.3 Å². The standard InChI is InChI=1S/C14H19Cl3NO5PS/c1-10(2)22-24(19,23-11(3)4)13(14(15,16)17)18-25(20,21)12-8-6-5-7-9-12/h5-11H,1-4H3/b18-13+. The minimum Gasteiger partial charge on any atom is -0.301 e. The van der Waals surface area contributed by atoms with Gasteiger partial charge in [-0.1, -0.05) is 53.0 Å². The molecule has 0 heterocycles. The minimum absolute atomic E-state index is 0.151. The fraction of sp³-hybridized carbons (Fsp3) is 0.500. The fourth-order valence-corrected chi connectivity index (χ4v) is 6.27. The lowest BCUT2D eigenvalue weighted by molar-refractivity contribution is 0.152. The van der Waals surface area contributed by atoms with Crippen molar-refractivity contribution in [2.45, 2.75) is 48.6 Å². The predicted molar refractivity (Wildman–Crippen MR) is 101 cm³/mol.